The van der Waals surface area contributed by atoms with Gasteiger partial charge >= 0.3 is 0 Å². The lowest BCUT2D eigenvalue weighted by atomic mass is 10.1. The third-order valence-corrected chi connectivity index (χ3v) is 5.60. The number of aryl methyl sites for hydroxylation is 1. The summed E-state index contributed by atoms with van der Waals surface area (Å²) in [5.74, 6) is 0.402. The Bertz CT molecular complexity index is 1150. The number of halogens is 2. The van der Waals surface area contributed by atoms with Gasteiger partial charge in [0.1, 0.15) is 11.5 Å². The van der Waals surface area contributed by atoms with Crippen molar-refractivity contribution in [2.45, 2.75) is 6.92 Å². The van der Waals surface area contributed by atoms with Gasteiger partial charge in [-0.05, 0) is 43.3 Å². The molecule has 0 spiro atoms. The zero-order chi connectivity index (χ0) is 21.3. The van der Waals surface area contributed by atoms with E-state index in [1.807, 2.05) is 13.0 Å². The van der Waals surface area contributed by atoms with Crippen LogP contribution in [0.2, 0.25) is 10.0 Å². The molecule has 7 nitrogen and oxygen atoms in total. The molecule has 2 aromatic carbocycles. The van der Waals surface area contributed by atoms with E-state index < -0.39 is 0 Å². The number of carbonyl (C=O) groups is 2. The molecule has 0 saturated carbocycles. The van der Waals surface area contributed by atoms with Crippen molar-refractivity contribution in [3.05, 3.63) is 51.3 Å². The van der Waals surface area contributed by atoms with Gasteiger partial charge in [0.15, 0.2) is 18.3 Å². The predicted molar refractivity (Wildman–Crippen MR) is 117 cm³/mol. The molecule has 3 aromatic rings. The summed E-state index contributed by atoms with van der Waals surface area (Å²) in [6.07, 6.45) is 0. The van der Waals surface area contributed by atoms with Crippen molar-refractivity contribution in [2.75, 3.05) is 23.8 Å². The fraction of sp³-hybridized carbons (Fsp3) is 0.150. The number of thiazole rings is 1. The maximum absolute atomic E-state index is 12.2. The standard InChI is InChI=1S/C20H15Cl2N3O4S/c1-10-19(11-2-4-16-14(6-11)23-17(26)8-29-16)25-20(30-10)24-18(27)9-28-15-5-3-12(21)7-13(15)22/h2-7H,8-9H2,1H3,(H,23,26)(H,24,25,27). The largest absolute Gasteiger partial charge is 0.482 e. The average Bonchev–Trinajstić information content (AvgIpc) is 3.06. The quantitative estimate of drug-likeness (QED) is 0.568. The Kier molecular flexibility index (Phi) is 5.80. The van der Waals surface area contributed by atoms with E-state index >= 15 is 0 Å². The van der Waals surface area contributed by atoms with E-state index in [-0.39, 0.29) is 25.0 Å². The number of anilines is 2. The minimum atomic E-state index is -0.368. The van der Waals surface area contributed by atoms with Gasteiger partial charge in [-0.1, -0.05) is 23.2 Å². The van der Waals surface area contributed by atoms with Gasteiger partial charge in [-0.25, -0.2) is 4.98 Å². The Labute approximate surface area is 185 Å². The lowest BCUT2D eigenvalue weighted by Gasteiger charge is -2.18. The van der Waals surface area contributed by atoms with Crippen LogP contribution in [0, 0.1) is 6.92 Å². The van der Waals surface area contributed by atoms with Crippen molar-refractivity contribution >= 4 is 57.2 Å². The van der Waals surface area contributed by atoms with Crippen molar-refractivity contribution in [1.29, 1.82) is 0 Å². The lowest BCUT2D eigenvalue weighted by Crippen LogP contribution is -2.25. The highest BCUT2D eigenvalue weighted by Gasteiger charge is 2.19. The summed E-state index contributed by atoms with van der Waals surface area (Å²) in [6.45, 7) is 1.68. The highest BCUT2D eigenvalue weighted by molar-refractivity contribution is 7.16. The first kappa shape index (κ1) is 20.5. The molecular formula is C20H15Cl2N3O4S. The molecule has 1 aromatic heterocycles. The smallest absolute Gasteiger partial charge is 0.264 e. The molecule has 0 atom stereocenters. The van der Waals surface area contributed by atoms with Gasteiger partial charge in [0.05, 0.1) is 16.4 Å². The number of carbonyl (C=O) groups excluding carboxylic acids is 2. The van der Waals surface area contributed by atoms with Crippen molar-refractivity contribution in [1.82, 2.24) is 4.98 Å². The molecule has 2 amide bonds. The van der Waals surface area contributed by atoms with Crippen LogP contribution in [0.5, 0.6) is 11.5 Å². The van der Waals surface area contributed by atoms with Gasteiger partial charge in [-0.3, -0.25) is 14.9 Å². The number of aromatic nitrogens is 1. The Morgan fingerprint density at radius 2 is 2.13 bits per heavy atom. The molecule has 0 aliphatic carbocycles. The second-order valence-corrected chi connectivity index (χ2v) is 8.43. The number of ether oxygens (including phenoxy) is 2. The Balaban J connectivity index is 1.44. The zero-order valence-electron chi connectivity index (χ0n) is 15.6. The van der Waals surface area contributed by atoms with Gasteiger partial charge in [-0.15, -0.1) is 11.3 Å². The first-order valence-electron chi connectivity index (χ1n) is 8.81. The zero-order valence-corrected chi connectivity index (χ0v) is 18.0. The monoisotopic (exact) mass is 463 g/mol. The Morgan fingerprint density at radius 1 is 1.30 bits per heavy atom. The normalized spacial score (nSPS) is 12.6. The van der Waals surface area contributed by atoms with Crippen LogP contribution in [-0.4, -0.2) is 30.0 Å². The lowest BCUT2D eigenvalue weighted by molar-refractivity contribution is -0.119. The van der Waals surface area contributed by atoms with E-state index in [1.165, 1.54) is 11.3 Å². The van der Waals surface area contributed by atoms with Crippen LogP contribution in [-0.2, 0) is 9.59 Å². The number of benzene rings is 2. The molecule has 1 aliphatic rings. The maximum atomic E-state index is 12.2. The second-order valence-electron chi connectivity index (χ2n) is 6.38. The molecule has 0 radical (unpaired) electrons. The van der Waals surface area contributed by atoms with Crippen molar-refractivity contribution in [3.63, 3.8) is 0 Å². The first-order valence-corrected chi connectivity index (χ1v) is 10.4. The predicted octanol–water partition coefficient (Wildman–Crippen LogP) is 4.77. The van der Waals surface area contributed by atoms with Gasteiger partial charge in [-0.2, -0.15) is 0 Å². The summed E-state index contributed by atoms with van der Waals surface area (Å²) < 4.78 is 10.8. The second kappa shape index (κ2) is 8.51. The third kappa shape index (κ3) is 4.51. The summed E-state index contributed by atoms with van der Waals surface area (Å²) in [6, 6.07) is 10.2. The minimum Gasteiger partial charge on any atom is -0.482 e. The number of amides is 2. The number of nitrogens with one attached hydrogen (secondary N) is 2. The molecule has 30 heavy (non-hydrogen) atoms. The summed E-state index contributed by atoms with van der Waals surface area (Å²) >= 11 is 13.2. The van der Waals surface area contributed by atoms with E-state index in [1.54, 1.807) is 30.3 Å². The van der Waals surface area contributed by atoms with Crippen molar-refractivity contribution in [2.24, 2.45) is 0 Å². The van der Waals surface area contributed by atoms with Gasteiger partial charge in [0.25, 0.3) is 11.8 Å². The Hall–Kier alpha value is -2.81. The van der Waals surface area contributed by atoms with Gasteiger partial charge in [0.2, 0.25) is 0 Å². The molecule has 0 saturated heterocycles. The fourth-order valence-electron chi connectivity index (χ4n) is 2.84. The number of rotatable bonds is 5. The summed E-state index contributed by atoms with van der Waals surface area (Å²) in [5, 5.41) is 6.75. The minimum absolute atomic E-state index is 0.00155. The van der Waals surface area contributed by atoms with Crippen molar-refractivity contribution in [3.8, 4) is 22.8 Å². The number of fused-ring (bicyclic) bond motifs is 1. The maximum Gasteiger partial charge on any atom is 0.264 e. The molecule has 0 bridgehead atoms. The van der Waals surface area contributed by atoms with Gasteiger partial charge in [0, 0.05) is 15.5 Å². The topological polar surface area (TPSA) is 89.5 Å². The molecule has 0 unspecified atom stereocenters. The van der Waals surface area contributed by atoms with Crippen LogP contribution in [0.25, 0.3) is 11.3 Å². The molecule has 0 fully saturated rings. The van der Waals surface area contributed by atoms with Crippen LogP contribution in [0.4, 0.5) is 10.8 Å². The van der Waals surface area contributed by atoms with E-state index in [0.29, 0.717) is 38.1 Å². The van der Waals surface area contributed by atoms with Crippen LogP contribution in [0.3, 0.4) is 0 Å². The summed E-state index contributed by atoms with van der Waals surface area (Å²) in [5.41, 5.74) is 2.10. The van der Waals surface area contributed by atoms with Crippen LogP contribution >= 0.6 is 34.5 Å². The Morgan fingerprint density at radius 3 is 2.93 bits per heavy atom. The van der Waals surface area contributed by atoms with E-state index in [2.05, 4.69) is 15.6 Å². The highest BCUT2D eigenvalue weighted by Crippen LogP contribution is 2.36. The molecule has 154 valence electrons. The average molecular weight is 464 g/mol. The van der Waals surface area contributed by atoms with Gasteiger partial charge < -0.3 is 14.8 Å². The van der Waals surface area contributed by atoms with E-state index in [0.717, 1.165) is 10.4 Å². The number of hydrogen-bond acceptors (Lipinski definition) is 6. The highest BCUT2D eigenvalue weighted by atomic mass is 35.5. The van der Waals surface area contributed by atoms with E-state index in [9.17, 15) is 9.59 Å². The van der Waals surface area contributed by atoms with Crippen LogP contribution in [0.15, 0.2) is 36.4 Å². The SMILES string of the molecule is Cc1sc(NC(=O)COc2ccc(Cl)cc2Cl)nc1-c1ccc2c(c1)NC(=O)CO2. The summed E-state index contributed by atoms with van der Waals surface area (Å²) in [4.78, 5) is 29.2. The fourth-order valence-corrected chi connectivity index (χ4v) is 4.15. The third-order valence-electron chi connectivity index (χ3n) is 4.18. The molecule has 4 rings (SSSR count). The molecule has 10 heteroatoms. The number of hydrogen-bond donors (Lipinski definition) is 2. The van der Waals surface area contributed by atoms with E-state index in [4.69, 9.17) is 32.7 Å². The number of nitrogens with zero attached hydrogens (tertiary/aromatic N) is 1. The molecule has 2 heterocycles. The first-order chi connectivity index (χ1) is 14.4. The van der Waals surface area contributed by atoms with Crippen molar-refractivity contribution < 1.29 is 19.1 Å². The van der Waals surface area contributed by atoms with Crippen LogP contribution in [0.1, 0.15) is 4.88 Å². The molecule has 1 aliphatic heterocycles. The molecular weight excluding hydrogens is 449 g/mol. The summed E-state index contributed by atoms with van der Waals surface area (Å²) in [7, 11) is 0. The molecule has 2 N–H and O–H groups in total. The van der Waals surface area contributed by atoms with Crippen LogP contribution < -0.4 is 20.1 Å².